The molecule has 1 fully saturated rings. The SMILES string of the molecule is CC(=O)O[C@@H]1C2=C(SCCS2)[C@H]2OC[C@]1(CO)O2. The fourth-order valence-electron chi connectivity index (χ4n) is 2.33. The van der Waals surface area contributed by atoms with Crippen LogP contribution in [0.5, 0.6) is 0 Å². The van der Waals surface area contributed by atoms with E-state index in [0.717, 1.165) is 21.3 Å². The van der Waals surface area contributed by atoms with Crippen LogP contribution in [0.2, 0.25) is 0 Å². The fraction of sp³-hybridized carbons (Fsp3) is 0.727. The maximum Gasteiger partial charge on any atom is 0.303 e. The zero-order valence-electron chi connectivity index (χ0n) is 9.88. The second kappa shape index (κ2) is 4.72. The van der Waals surface area contributed by atoms with Crippen LogP contribution in [0.1, 0.15) is 6.92 Å². The molecule has 0 aromatic heterocycles. The molecule has 0 saturated carbocycles. The Balaban J connectivity index is 2.01. The van der Waals surface area contributed by atoms with Crippen molar-refractivity contribution in [3.8, 4) is 0 Å². The summed E-state index contributed by atoms with van der Waals surface area (Å²) in [5, 5.41) is 9.61. The molecule has 0 aromatic carbocycles. The lowest BCUT2D eigenvalue weighted by Gasteiger charge is -2.40. The lowest BCUT2D eigenvalue weighted by molar-refractivity contribution is -0.171. The Kier molecular flexibility index (Phi) is 3.36. The number of rotatable bonds is 2. The lowest BCUT2D eigenvalue weighted by atomic mass is 9.96. The monoisotopic (exact) mass is 290 g/mol. The minimum absolute atomic E-state index is 0.219. The summed E-state index contributed by atoms with van der Waals surface area (Å²) < 4.78 is 16.8. The third-order valence-corrected chi connectivity index (χ3v) is 5.82. The highest BCUT2D eigenvalue weighted by Gasteiger charge is 2.57. The quantitative estimate of drug-likeness (QED) is 0.752. The second-order valence-electron chi connectivity index (χ2n) is 4.40. The van der Waals surface area contributed by atoms with Gasteiger partial charge >= 0.3 is 5.97 Å². The van der Waals surface area contributed by atoms with Crippen molar-refractivity contribution in [1.29, 1.82) is 0 Å². The lowest BCUT2D eigenvalue weighted by Crippen LogP contribution is -2.53. The smallest absolute Gasteiger partial charge is 0.303 e. The summed E-state index contributed by atoms with van der Waals surface area (Å²) >= 11 is 3.35. The molecule has 0 aromatic rings. The van der Waals surface area contributed by atoms with E-state index in [-0.39, 0.29) is 19.2 Å². The minimum atomic E-state index is -0.930. The number of aliphatic hydroxyl groups excluding tert-OH is 1. The molecule has 3 aliphatic rings. The summed E-state index contributed by atoms with van der Waals surface area (Å²) in [6.07, 6.45) is -0.955. The normalized spacial score (nSPS) is 38.6. The Hall–Kier alpha value is -0.210. The van der Waals surface area contributed by atoms with Gasteiger partial charge in [-0.1, -0.05) is 0 Å². The molecule has 1 N–H and O–H groups in total. The molecule has 0 amide bonds. The molecule has 7 heteroatoms. The van der Waals surface area contributed by atoms with E-state index in [9.17, 15) is 9.90 Å². The molecule has 18 heavy (non-hydrogen) atoms. The van der Waals surface area contributed by atoms with E-state index in [1.165, 1.54) is 6.92 Å². The zero-order valence-corrected chi connectivity index (χ0v) is 11.5. The summed E-state index contributed by atoms with van der Waals surface area (Å²) in [4.78, 5) is 13.3. The summed E-state index contributed by atoms with van der Waals surface area (Å²) in [5.74, 6) is 1.59. The molecular weight excluding hydrogens is 276 g/mol. The van der Waals surface area contributed by atoms with Crippen molar-refractivity contribution in [2.75, 3.05) is 24.7 Å². The van der Waals surface area contributed by atoms with Crippen LogP contribution in [0.25, 0.3) is 0 Å². The molecule has 1 saturated heterocycles. The van der Waals surface area contributed by atoms with E-state index in [2.05, 4.69) is 0 Å². The van der Waals surface area contributed by atoms with Gasteiger partial charge in [-0.15, -0.1) is 23.5 Å². The Labute approximate surface area is 113 Å². The predicted octanol–water partition coefficient (Wildman–Crippen LogP) is 0.727. The van der Waals surface area contributed by atoms with E-state index < -0.39 is 18.0 Å². The third kappa shape index (κ3) is 1.89. The summed E-state index contributed by atoms with van der Waals surface area (Å²) in [6, 6.07) is 0. The predicted molar refractivity (Wildman–Crippen MR) is 68.1 cm³/mol. The zero-order chi connectivity index (χ0) is 12.8. The van der Waals surface area contributed by atoms with Crippen molar-refractivity contribution in [1.82, 2.24) is 0 Å². The maximum absolute atomic E-state index is 11.3. The van der Waals surface area contributed by atoms with E-state index in [1.54, 1.807) is 23.5 Å². The Morgan fingerprint density at radius 1 is 1.50 bits per heavy atom. The highest BCUT2D eigenvalue weighted by atomic mass is 32.2. The second-order valence-corrected chi connectivity index (χ2v) is 6.67. The maximum atomic E-state index is 11.3. The van der Waals surface area contributed by atoms with Gasteiger partial charge in [0, 0.05) is 23.3 Å². The van der Waals surface area contributed by atoms with Crippen molar-refractivity contribution in [3.63, 3.8) is 0 Å². The number of carbonyl (C=O) groups is 1. The van der Waals surface area contributed by atoms with Crippen molar-refractivity contribution in [2.45, 2.75) is 24.9 Å². The Morgan fingerprint density at radius 3 is 2.89 bits per heavy atom. The first-order valence-electron chi connectivity index (χ1n) is 5.73. The van der Waals surface area contributed by atoms with Gasteiger partial charge in [-0.25, -0.2) is 0 Å². The summed E-state index contributed by atoms with van der Waals surface area (Å²) in [5.41, 5.74) is -0.930. The summed E-state index contributed by atoms with van der Waals surface area (Å²) in [6.45, 7) is 1.40. The van der Waals surface area contributed by atoms with E-state index in [0.29, 0.717) is 0 Å². The number of ether oxygens (including phenoxy) is 3. The average Bonchev–Trinajstić information content (AvgIpc) is 2.77. The van der Waals surface area contributed by atoms with Gasteiger partial charge in [0.05, 0.1) is 18.1 Å². The fourth-order valence-corrected chi connectivity index (χ4v) is 4.95. The average molecular weight is 290 g/mol. The van der Waals surface area contributed by atoms with Crippen molar-refractivity contribution < 1.29 is 24.1 Å². The molecular formula is C11H14O5S2. The van der Waals surface area contributed by atoms with Gasteiger partial charge in [-0.3, -0.25) is 4.79 Å². The van der Waals surface area contributed by atoms with Crippen LogP contribution < -0.4 is 0 Å². The molecule has 0 unspecified atom stereocenters. The molecule has 5 nitrogen and oxygen atoms in total. The number of esters is 1. The van der Waals surface area contributed by atoms with E-state index in [1.807, 2.05) is 0 Å². The number of fused-ring (bicyclic) bond motifs is 3. The third-order valence-electron chi connectivity index (χ3n) is 3.14. The van der Waals surface area contributed by atoms with Gasteiger partial charge in [0.1, 0.15) is 0 Å². The highest BCUT2D eigenvalue weighted by Crippen LogP contribution is 2.50. The molecule has 3 heterocycles. The van der Waals surface area contributed by atoms with Gasteiger partial charge in [0.15, 0.2) is 18.0 Å². The van der Waals surface area contributed by atoms with Crippen LogP contribution in [-0.2, 0) is 19.0 Å². The van der Waals surface area contributed by atoms with Crippen LogP contribution >= 0.6 is 23.5 Å². The Bertz CT molecular complexity index is 410. The van der Waals surface area contributed by atoms with Gasteiger partial charge in [0.25, 0.3) is 0 Å². The summed E-state index contributed by atoms with van der Waals surface area (Å²) in [7, 11) is 0. The van der Waals surface area contributed by atoms with Crippen LogP contribution in [0.15, 0.2) is 9.81 Å². The molecule has 3 atom stereocenters. The number of hydrogen-bond acceptors (Lipinski definition) is 7. The number of aliphatic hydroxyl groups is 1. The van der Waals surface area contributed by atoms with Gasteiger partial charge in [-0.05, 0) is 0 Å². The molecule has 0 aliphatic carbocycles. The molecule has 3 aliphatic heterocycles. The first-order chi connectivity index (χ1) is 8.66. The number of carbonyl (C=O) groups excluding carboxylic acids is 1. The van der Waals surface area contributed by atoms with Crippen molar-refractivity contribution >= 4 is 29.5 Å². The molecule has 100 valence electrons. The van der Waals surface area contributed by atoms with Crippen LogP contribution in [0.4, 0.5) is 0 Å². The Morgan fingerprint density at radius 2 is 2.22 bits per heavy atom. The van der Waals surface area contributed by atoms with Crippen molar-refractivity contribution in [2.24, 2.45) is 0 Å². The first-order valence-corrected chi connectivity index (χ1v) is 7.70. The first kappa shape index (κ1) is 12.8. The van der Waals surface area contributed by atoms with Gasteiger partial charge in [0.2, 0.25) is 0 Å². The van der Waals surface area contributed by atoms with Crippen LogP contribution in [-0.4, -0.2) is 53.8 Å². The van der Waals surface area contributed by atoms with E-state index in [4.69, 9.17) is 14.2 Å². The van der Waals surface area contributed by atoms with Crippen LogP contribution in [0.3, 0.4) is 0 Å². The largest absolute Gasteiger partial charge is 0.454 e. The number of hydrogen-bond donors (Lipinski definition) is 1. The molecule has 2 bridgehead atoms. The highest BCUT2D eigenvalue weighted by molar-refractivity contribution is 8.10. The van der Waals surface area contributed by atoms with Crippen LogP contribution in [0, 0.1) is 0 Å². The molecule has 0 spiro atoms. The standard InChI is InChI=1S/C11H14O5S2/c1-6(13)15-9-7-8(18-3-2-17-7)10-14-5-11(9,4-12)16-10/h9-10,12H,2-5H2,1H3/t9-,10+,11+/m1/s1. The number of thioether (sulfide) groups is 2. The molecule has 0 radical (unpaired) electrons. The van der Waals surface area contributed by atoms with Crippen molar-refractivity contribution in [3.05, 3.63) is 9.81 Å². The van der Waals surface area contributed by atoms with Gasteiger partial charge < -0.3 is 19.3 Å². The topological polar surface area (TPSA) is 65.0 Å². The van der Waals surface area contributed by atoms with E-state index >= 15 is 0 Å². The minimum Gasteiger partial charge on any atom is -0.454 e. The van der Waals surface area contributed by atoms with Gasteiger partial charge in [-0.2, -0.15) is 0 Å². The molecule has 3 rings (SSSR count).